The predicted octanol–water partition coefficient (Wildman–Crippen LogP) is 3.00. The van der Waals surface area contributed by atoms with Gasteiger partial charge in [-0.05, 0) is 37.0 Å². The Hall–Kier alpha value is -2.16. The fourth-order valence-electron chi connectivity index (χ4n) is 2.93. The summed E-state index contributed by atoms with van der Waals surface area (Å²) in [6, 6.07) is 3.24. The molecule has 0 bridgehead atoms. The molecule has 0 saturated heterocycles. The summed E-state index contributed by atoms with van der Waals surface area (Å²) in [5, 5.41) is 3.03. The van der Waals surface area contributed by atoms with Crippen molar-refractivity contribution in [2.75, 3.05) is 11.6 Å². The minimum Gasteiger partial charge on any atom is -0.366 e. The highest BCUT2D eigenvalue weighted by molar-refractivity contribution is 7.90. The highest BCUT2D eigenvalue weighted by Crippen LogP contribution is 2.35. The Labute approximate surface area is 143 Å². The van der Waals surface area contributed by atoms with Crippen molar-refractivity contribution in [2.45, 2.75) is 36.9 Å². The van der Waals surface area contributed by atoms with Crippen molar-refractivity contribution in [1.82, 2.24) is 9.97 Å². The van der Waals surface area contributed by atoms with E-state index in [4.69, 9.17) is 0 Å². The number of anilines is 1. The molecule has 1 aliphatic rings. The quantitative estimate of drug-likeness (QED) is 0.895. The van der Waals surface area contributed by atoms with Gasteiger partial charge < -0.3 is 5.32 Å². The first kappa shape index (κ1) is 17.7. The van der Waals surface area contributed by atoms with Crippen LogP contribution in [-0.4, -0.2) is 24.6 Å². The van der Waals surface area contributed by atoms with Gasteiger partial charge in [-0.2, -0.15) is 13.2 Å². The third-order valence-corrected chi connectivity index (χ3v) is 5.24. The molecular formula is C16H16F3N3O2S. The molecule has 0 atom stereocenters. The van der Waals surface area contributed by atoms with Gasteiger partial charge in [-0.25, -0.2) is 18.4 Å². The summed E-state index contributed by atoms with van der Waals surface area (Å²) >= 11 is 0. The van der Waals surface area contributed by atoms with Crippen LogP contribution in [0.15, 0.2) is 29.4 Å². The first-order valence-electron chi connectivity index (χ1n) is 7.63. The van der Waals surface area contributed by atoms with Crippen LogP contribution in [0.1, 0.15) is 28.8 Å². The van der Waals surface area contributed by atoms with Crippen LogP contribution >= 0.6 is 0 Å². The first-order chi connectivity index (χ1) is 11.7. The van der Waals surface area contributed by atoms with Crippen molar-refractivity contribution in [1.29, 1.82) is 0 Å². The van der Waals surface area contributed by atoms with Gasteiger partial charge >= 0.3 is 6.18 Å². The zero-order chi connectivity index (χ0) is 18.2. The van der Waals surface area contributed by atoms with Crippen LogP contribution in [0.25, 0.3) is 0 Å². The molecule has 1 N–H and O–H groups in total. The van der Waals surface area contributed by atoms with Crippen molar-refractivity contribution in [3.8, 4) is 0 Å². The second kappa shape index (κ2) is 6.29. The number of alkyl halides is 3. The zero-order valence-electron chi connectivity index (χ0n) is 13.4. The number of hydrogen-bond donors (Lipinski definition) is 1. The van der Waals surface area contributed by atoms with Crippen LogP contribution < -0.4 is 5.32 Å². The lowest BCUT2D eigenvalue weighted by molar-refractivity contribution is -0.139. The van der Waals surface area contributed by atoms with E-state index < -0.39 is 26.5 Å². The minimum atomic E-state index is -4.75. The molecule has 1 aromatic carbocycles. The number of sulfone groups is 1. The third kappa shape index (κ3) is 3.76. The van der Waals surface area contributed by atoms with Crippen LogP contribution in [-0.2, 0) is 35.4 Å². The summed E-state index contributed by atoms with van der Waals surface area (Å²) < 4.78 is 62.8. The maximum absolute atomic E-state index is 13.2. The van der Waals surface area contributed by atoms with Gasteiger partial charge in [0.05, 0.1) is 10.5 Å². The van der Waals surface area contributed by atoms with E-state index in [1.165, 1.54) is 12.4 Å². The number of fused-ring (bicyclic) bond motifs is 1. The summed E-state index contributed by atoms with van der Waals surface area (Å²) in [5.74, 6) is 0.614. The second-order valence-electron chi connectivity index (χ2n) is 5.96. The minimum absolute atomic E-state index is 0.108. The van der Waals surface area contributed by atoms with E-state index in [-0.39, 0.29) is 6.54 Å². The van der Waals surface area contributed by atoms with Gasteiger partial charge in [-0.1, -0.05) is 6.07 Å². The topological polar surface area (TPSA) is 72.0 Å². The van der Waals surface area contributed by atoms with Crippen LogP contribution in [0, 0.1) is 0 Å². The maximum Gasteiger partial charge on any atom is 0.417 e. The maximum atomic E-state index is 13.2. The highest BCUT2D eigenvalue weighted by Gasteiger charge is 2.36. The van der Waals surface area contributed by atoms with E-state index in [9.17, 15) is 21.6 Å². The number of nitrogens with zero attached hydrogens (tertiary/aromatic N) is 2. The third-order valence-electron chi connectivity index (χ3n) is 4.08. The number of aryl methyl sites for hydroxylation is 1. The summed E-state index contributed by atoms with van der Waals surface area (Å²) in [6.07, 6.45) is 0.127. The van der Waals surface area contributed by atoms with E-state index in [0.29, 0.717) is 11.4 Å². The number of nitrogens with one attached hydrogen (secondary N) is 1. The van der Waals surface area contributed by atoms with Crippen molar-refractivity contribution >= 4 is 15.7 Å². The normalized spacial score (nSPS) is 14.4. The average molecular weight is 371 g/mol. The van der Waals surface area contributed by atoms with E-state index in [2.05, 4.69) is 15.3 Å². The summed E-state index contributed by atoms with van der Waals surface area (Å²) in [4.78, 5) is 7.63. The fourth-order valence-corrected chi connectivity index (χ4v) is 3.82. The average Bonchev–Trinajstić information content (AvgIpc) is 3.00. The van der Waals surface area contributed by atoms with Crippen molar-refractivity contribution in [3.63, 3.8) is 0 Å². The number of rotatable bonds is 4. The highest BCUT2D eigenvalue weighted by atomic mass is 32.2. The molecule has 0 spiro atoms. The van der Waals surface area contributed by atoms with E-state index >= 15 is 0 Å². The van der Waals surface area contributed by atoms with Gasteiger partial charge in [0, 0.05) is 24.1 Å². The van der Waals surface area contributed by atoms with Gasteiger partial charge in [-0.3, -0.25) is 0 Å². The van der Waals surface area contributed by atoms with Crippen LogP contribution in [0.4, 0.5) is 19.0 Å². The largest absolute Gasteiger partial charge is 0.417 e. The van der Waals surface area contributed by atoms with Crippen LogP contribution in [0.3, 0.4) is 0 Å². The Morgan fingerprint density at radius 1 is 1.20 bits per heavy atom. The predicted molar refractivity (Wildman–Crippen MR) is 85.9 cm³/mol. The van der Waals surface area contributed by atoms with Gasteiger partial charge in [0.15, 0.2) is 9.84 Å². The molecule has 0 radical (unpaired) electrons. The molecule has 25 heavy (non-hydrogen) atoms. The summed E-state index contributed by atoms with van der Waals surface area (Å²) in [7, 11) is -3.97. The molecule has 5 nitrogen and oxygen atoms in total. The van der Waals surface area contributed by atoms with Gasteiger partial charge in [0.1, 0.15) is 12.1 Å². The van der Waals surface area contributed by atoms with E-state index in [1.807, 2.05) is 0 Å². The Balaban J connectivity index is 1.88. The molecule has 134 valence electrons. The zero-order valence-corrected chi connectivity index (χ0v) is 14.2. The van der Waals surface area contributed by atoms with E-state index in [0.717, 1.165) is 48.9 Å². The number of benzene rings is 1. The molecule has 1 heterocycles. The Kier molecular flexibility index (Phi) is 4.44. The summed E-state index contributed by atoms with van der Waals surface area (Å²) in [6.45, 7) is 0.108. The number of halogens is 3. The number of hydrogen-bond acceptors (Lipinski definition) is 5. The Morgan fingerprint density at radius 3 is 2.64 bits per heavy atom. The fraction of sp³-hybridized carbons (Fsp3) is 0.375. The van der Waals surface area contributed by atoms with Crippen LogP contribution in [0.5, 0.6) is 0 Å². The lowest BCUT2D eigenvalue weighted by Gasteiger charge is -2.14. The molecular weight excluding hydrogens is 355 g/mol. The molecule has 3 rings (SSSR count). The molecule has 0 fully saturated rings. The molecule has 1 aromatic heterocycles. The Morgan fingerprint density at radius 2 is 1.96 bits per heavy atom. The molecule has 0 amide bonds. The van der Waals surface area contributed by atoms with Crippen molar-refractivity contribution in [3.05, 3.63) is 46.9 Å². The van der Waals surface area contributed by atoms with Crippen molar-refractivity contribution < 1.29 is 21.6 Å². The number of aromatic nitrogens is 2. The smallest absolute Gasteiger partial charge is 0.366 e. The lowest BCUT2D eigenvalue weighted by Crippen LogP contribution is -2.14. The molecule has 1 aliphatic carbocycles. The van der Waals surface area contributed by atoms with Gasteiger partial charge in [0.25, 0.3) is 0 Å². The molecule has 0 saturated carbocycles. The lowest BCUT2D eigenvalue weighted by atomic mass is 10.1. The van der Waals surface area contributed by atoms with Crippen molar-refractivity contribution in [2.24, 2.45) is 0 Å². The van der Waals surface area contributed by atoms with Gasteiger partial charge in [0.2, 0.25) is 0 Å². The molecule has 9 heteroatoms. The molecule has 0 unspecified atom stereocenters. The van der Waals surface area contributed by atoms with Gasteiger partial charge in [-0.15, -0.1) is 0 Å². The molecule has 0 aliphatic heterocycles. The molecule has 2 aromatic rings. The SMILES string of the molecule is CS(=O)(=O)c1ccc(CNc2ncnc3c2CCC3)cc1C(F)(F)F. The standard InChI is InChI=1S/C16H16F3N3O2S/c1-25(23,24)14-6-5-10(7-12(14)16(17,18)19)8-20-15-11-3-2-4-13(11)21-9-22-15/h5-7,9H,2-4,8H2,1H3,(H,20,21,22). The van der Waals surface area contributed by atoms with Crippen LogP contribution in [0.2, 0.25) is 0 Å². The summed E-state index contributed by atoms with van der Waals surface area (Å²) in [5.41, 5.74) is 1.12. The second-order valence-corrected chi connectivity index (χ2v) is 7.94. The Bertz CT molecular complexity index is 911. The first-order valence-corrected chi connectivity index (χ1v) is 9.52. The van der Waals surface area contributed by atoms with E-state index in [1.54, 1.807) is 0 Å². The monoisotopic (exact) mass is 371 g/mol.